The van der Waals surface area contributed by atoms with Crippen LogP contribution in [0.1, 0.15) is 22.6 Å². The molecule has 1 aliphatic heterocycles. The van der Waals surface area contributed by atoms with Crippen molar-refractivity contribution in [1.82, 2.24) is 9.21 Å². The second kappa shape index (κ2) is 9.79. The van der Waals surface area contributed by atoms with Gasteiger partial charge in [-0.1, -0.05) is 78.4 Å². The van der Waals surface area contributed by atoms with Gasteiger partial charge in [-0.3, -0.25) is 9.59 Å². The number of amides is 1. The zero-order valence-corrected chi connectivity index (χ0v) is 19.6. The van der Waals surface area contributed by atoms with Gasteiger partial charge in [0, 0.05) is 19.6 Å². The van der Waals surface area contributed by atoms with Gasteiger partial charge < -0.3 is 10.0 Å². The molecule has 1 aliphatic rings. The third kappa shape index (κ3) is 4.73. The lowest BCUT2D eigenvalue weighted by Crippen LogP contribution is -2.59. The number of hydrogen-bond acceptors (Lipinski definition) is 4. The molecule has 34 heavy (non-hydrogen) atoms. The summed E-state index contributed by atoms with van der Waals surface area (Å²) in [5, 5.41) is 9.89. The van der Waals surface area contributed by atoms with Crippen molar-refractivity contribution in [3.05, 3.63) is 102 Å². The summed E-state index contributed by atoms with van der Waals surface area (Å²) in [7, 11) is -4.03. The molecule has 0 bridgehead atoms. The van der Waals surface area contributed by atoms with Crippen molar-refractivity contribution in [3.8, 4) is 0 Å². The predicted octanol–water partition coefficient (Wildman–Crippen LogP) is 3.11. The molecule has 3 aromatic carbocycles. The maximum atomic E-state index is 13.7. The summed E-state index contributed by atoms with van der Waals surface area (Å²) in [5.74, 6) is -2.16. The summed E-state index contributed by atoms with van der Waals surface area (Å²) in [6, 6.07) is 23.5. The molecule has 7 nitrogen and oxygen atoms in total. The number of aliphatic carboxylic acids is 1. The zero-order chi connectivity index (χ0) is 24.3. The molecule has 3 aromatic rings. The topological polar surface area (TPSA) is 95.0 Å². The number of sulfonamides is 1. The van der Waals surface area contributed by atoms with Crippen LogP contribution in [0, 0.1) is 6.92 Å². The lowest BCUT2D eigenvalue weighted by atomic mass is 9.89. The number of nitrogens with zero attached hydrogens (tertiary/aromatic N) is 2. The van der Waals surface area contributed by atoms with E-state index >= 15 is 0 Å². The second-order valence-electron chi connectivity index (χ2n) is 8.32. The lowest BCUT2D eigenvalue weighted by molar-refractivity contribution is -0.145. The van der Waals surface area contributed by atoms with Crippen LogP contribution < -0.4 is 0 Å². The summed E-state index contributed by atoms with van der Waals surface area (Å²) < 4.78 is 27.4. The Bertz CT molecular complexity index is 1220. The van der Waals surface area contributed by atoms with E-state index in [0.29, 0.717) is 0 Å². The fourth-order valence-corrected chi connectivity index (χ4v) is 5.82. The molecule has 1 N–H and O–H groups in total. The van der Waals surface area contributed by atoms with Crippen molar-refractivity contribution >= 4 is 21.9 Å². The smallest absolute Gasteiger partial charge is 0.323 e. The summed E-state index contributed by atoms with van der Waals surface area (Å²) in [5.41, 5.74) is 2.48. The van der Waals surface area contributed by atoms with E-state index in [4.69, 9.17) is 0 Å². The summed E-state index contributed by atoms with van der Waals surface area (Å²) in [6.45, 7) is 1.62. The van der Waals surface area contributed by atoms with E-state index in [9.17, 15) is 23.1 Å². The number of carboxylic acids is 1. The Balaban J connectivity index is 1.63. The van der Waals surface area contributed by atoms with Crippen LogP contribution in [-0.2, 0) is 19.6 Å². The van der Waals surface area contributed by atoms with E-state index in [1.165, 1.54) is 17.0 Å². The minimum absolute atomic E-state index is 0.0376. The number of hydrogen-bond donors (Lipinski definition) is 1. The van der Waals surface area contributed by atoms with Crippen LogP contribution in [0.2, 0.25) is 0 Å². The third-order valence-corrected chi connectivity index (χ3v) is 7.99. The molecule has 0 radical (unpaired) electrons. The maximum Gasteiger partial charge on any atom is 0.323 e. The van der Waals surface area contributed by atoms with Gasteiger partial charge in [-0.05, 0) is 30.2 Å². The molecule has 0 spiro atoms. The fraction of sp³-hybridized carbons (Fsp3) is 0.231. The number of carbonyl (C=O) groups is 2. The Kier molecular flexibility index (Phi) is 6.81. The van der Waals surface area contributed by atoms with Crippen LogP contribution in [0.25, 0.3) is 0 Å². The van der Waals surface area contributed by atoms with Gasteiger partial charge in [0.15, 0.2) is 0 Å². The van der Waals surface area contributed by atoms with Gasteiger partial charge in [-0.2, -0.15) is 4.31 Å². The van der Waals surface area contributed by atoms with Gasteiger partial charge in [-0.25, -0.2) is 8.42 Å². The molecule has 1 heterocycles. The van der Waals surface area contributed by atoms with Crippen molar-refractivity contribution in [2.24, 2.45) is 0 Å². The Labute approximate surface area is 199 Å². The molecule has 1 amide bonds. The quantitative estimate of drug-likeness (QED) is 0.588. The standard InChI is InChI=1S/C26H26N2O5S/c1-19-12-14-22(15-13-19)34(32,33)28-17-16-27(18-23(28)26(30)31)25(29)24(20-8-4-2-5-9-20)21-10-6-3-7-11-21/h2-15,23-24H,16-18H2,1H3,(H,30,31). The average molecular weight is 479 g/mol. The molecule has 0 aromatic heterocycles. The average Bonchev–Trinajstić information content (AvgIpc) is 2.85. The molecule has 1 fully saturated rings. The summed E-state index contributed by atoms with van der Waals surface area (Å²) in [6.07, 6.45) is 0. The highest BCUT2D eigenvalue weighted by atomic mass is 32.2. The molecule has 0 aliphatic carbocycles. The third-order valence-electron chi connectivity index (χ3n) is 6.07. The molecular formula is C26H26N2O5S. The summed E-state index contributed by atoms with van der Waals surface area (Å²) >= 11 is 0. The Morgan fingerprint density at radius 3 is 1.88 bits per heavy atom. The molecule has 0 saturated carbocycles. The number of piperazine rings is 1. The largest absolute Gasteiger partial charge is 0.480 e. The molecule has 1 unspecified atom stereocenters. The highest BCUT2D eigenvalue weighted by Gasteiger charge is 2.42. The van der Waals surface area contributed by atoms with E-state index < -0.39 is 28.0 Å². The normalized spacial score (nSPS) is 17.0. The van der Waals surface area contributed by atoms with Crippen LogP contribution in [0.4, 0.5) is 0 Å². The zero-order valence-electron chi connectivity index (χ0n) is 18.7. The lowest BCUT2D eigenvalue weighted by Gasteiger charge is -2.39. The van der Waals surface area contributed by atoms with Crippen molar-refractivity contribution in [2.45, 2.75) is 23.8 Å². The number of aryl methyl sites for hydroxylation is 1. The van der Waals surface area contributed by atoms with Crippen molar-refractivity contribution in [1.29, 1.82) is 0 Å². The van der Waals surface area contributed by atoms with Gasteiger partial charge in [-0.15, -0.1) is 0 Å². The van der Waals surface area contributed by atoms with E-state index in [2.05, 4.69) is 0 Å². The monoisotopic (exact) mass is 478 g/mol. The molecule has 4 rings (SSSR count). The van der Waals surface area contributed by atoms with Gasteiger partial charge >= 0.3 is 5.97 Å². The molecule has 1 atom stereocenters. The Morgan fingerprint density at radius 2 is 1.38 bits per heavy atom. The van der Waals surface area contributed by atoms with Crippen LogP contribution in [-0.4, -0.2) is 60.3 Å². The Morgan fingerprint density at radius 1 is 0.853 bits per heavy atom. The minimum Gasteiger partial charge on any atom is -0.480 e. The van der Waals surface area contributed by atoms with Crippen molar-refractivity contribution in [2.75, 3.05) is 19.6 Å². The SMILES string of the molecule is Cc1ccc(S(=O)(=O)N2CCN(C(=O)C(c3ccccc3)c3ccccc3)CC2C(=O)O)cc1. The first kappa shape index (κ1) is 23.7. The predicted molar refractivity (Wildman–Crippen MR) is 128 cm³/mol. The molecule has 1 saturated heterocycles. The number of rotatable bonds is 6. The van der Waals surface area contributed by atoms with E-state index in [1.54, 1.807) is 12.1 Å². The highest BCUT2D eigenvalue weighted by molar-refractivity contribution is 7.89. The van der Waals surface area contributed by atoms with Gasteiger partial charge in [0.25, 0.3) is 0 Å². The van der Waals surface area contributed by atoms with E-state index in [0.717, 1.165) is 21.0 Å². The first-order valence-corrected chi connectivity index (χ1v) is 12.4. The number of benzene rings is 3. The van der Waals surface area contributed by atoms with Crippen molar-refractivity contribution in [3.63, 3.8) is 0 Å². The molecular weight excluding hydrogens is 452 g/mol. The maximum absolute atomic E-state index is 13.7. The van der Waals surface area contributed by atoms with Crippen LogP contribution in [0.5, 0.6) is 0 Å². The van der Waals surface area contributed by atoms with Crippen molar-refractivity contribution < 1.29 is 23.1 Å². The fourth-order valence-electron chi connectivity index (χ4n) is 4.25. The van der Waals surface area contributed by atoms with Crippen LogP contribution in [0.3, 0.4) is 0 Å². The first-order valence-electron chi connectivity index (χ1n) is 11.0. The number of carbonyl (C=O) groups excluding carboxylic acids is 1. The van der Waals surface area contributed by atoms with E-state index in [-0.39, 0.29) is 30.4 Å². The van der Waals surface area contributed by atoms with E-state index in [1.807, 2.05) is 67.6 Å². The summed E-state index contributed by atoms with van der Waals surface area (Å²) in [4.78, 5) is 27.3. The second-order valence-corrected chi connectivity index (χ2v) is 10.2. The Hall–Kier alpha value is -3.49. The first-order chi connectivity index (χ1) is 16.3. The van der Waals surface area contributed by atoms with Crippen LogP contribution in [0.15, 0.2) is 89.8 Å². The minimum atomic E-state index is -4.03. The highest BCUT2D eigenvalue weighted by Crippen LogP contribution is 2.29. The van der Waals surface area contributed by atoms with Gasteiger partial charge in [0.1, 0.15) is 6.04 Å². The van der Waals surface area contributed by atoms with Gasteiger partial charge in [0.2, 0.25) is 15.9 Å². The number of carboxylic acid groups (broad SMARTS) is 1. The molecule has 8 heteroatoms. The molecule has 176 valence electrons. The van der Waals surface area contributed by atoms with Crippen LogP contribution >= 0.6 is 0 Å². The van der Waals surface area contributed by atoms with Gasteiger partial charge in [0.05, 0.1) is 10.8 Å².